The average molecular weight is 372 g/mol. The number of aryl methyl sites for hydroxylation is 2. The summed E-state index contributed by atoms with van der Waals surface area (Å²) in [6, 6.07) is 5.68. The number of nitrogens with zero attached hydrogens (tertiary/aromatic N) is 5. The molecule has 0 amide bonds. The van der Waals surface area contributed by atoms with Crippen molar-refractivity contribution in [2.45, 2.75) is 26.8 Å². The highest BCUT2D eigenvalue weighted by molar-refractivity contribution is 6.34. The number of halogens is 1. The molecule has 134 valence electrons. The van der Waals surface area contributed by atoms with Crippen molar-refractivity contribution in [1.29, 1.82) is 5.26 Å². The van der Waals surface area contributed by atoms with E-state index in [1.807, 2.05) is 19.1 Å². The molecular weight excluding hydrogens is 354 g/mol. The Morgan fingerprint density at radius 1 is 1.46 bits per heavy atom. The van der Waals surface area contributed by atoms with E-state index >= 15 is 0 Å². The summed E-state index contributed by atoms with van der Waals surface area (Å²) in [5, 5.41) is 17.1. The Morgan fingerprint density at radius 2 is 2.23 bits per heavy atom. The maximum atomic E-state index is 12.3. The summed E-state index contributed by atoms with van der Waals surface area (Å²) in [6.07, 6.45) is 2.25. The van der Waals surface area contributed by atoms with E-state index in [-0.39, 0.29) is 16.9 Å². The first-order valence-corrected chi connectivity index (χ1v) is 8.52. The van der Waals surface area contributed by atoms with Crippen LogP contribution >= 0.6 is 11.6 Å². The maximum Gasteiger partial charge on any atom is 0.253 e. The van der Waals surface area contributed by atoms with Crippen molar-refractivity contribution in [2.75, 3.05) is 17.6 Å². The van der Waals surface area contributed by atoms with E-state index in [1.165, 1.54) is 4.52 Å². The minimum absolute atomic E-state index is 0.0188. The van der Waals surface area contributed by atoms with Crippen molar-refractivity contribution in [3.8, 4) is 6.07 Å². The fraction of sp³-hybridized carbons (Fsp3) is 0.294. The molecule has 26 heavy (non-hydrogen) atoms. The molecule has 3 N–H and O–H groups in total. The van der Waals surface area contributed by atoms with E-state index in [1.54, 1.807) is 23.8 Å². The van der Waals surface area contributed by atoms with Crippen molar-refractivity contribution in [1.82, 2.24) is 19.2 Å². The number of pyridine rings is 1. The molecule has 0 bridgehead atoms. The lowest BCUT2D eigenvalue weighted by molar-refractivity contribution is 0.714. The van der Waals surface area contributed by atoms with Crippen molar-refractivity contribution >= 4 is 28.9 Å². The predicted octanol–water partition coefficient (Wildman–Crippen LogP) is 1.98. The molecule has 9 heteroatoms. The molecule has 3 heterocycles. The number of fused-ring (bicyclic) bond motifs is 1. The quantitative estimate of drug-likeness (QED) is 0.708. The molecule has 0 atom stereocenters. The van der Waals surface area contributed by atoms with Crippen molar-refractivity contribution in [2.24, 2.45) is 0 Å². The largest absolute Gasteiger partial charge is 0.382 e. The monoisotopic (exact) mass is 371 g/mol. The van der Waals surface area contributed by atoms with E-state index in [9.17, 15) is 10.1 Å². The highest BCUT2D eigenvalue weighted by Crippen LogP contribution is 2.27. The van der Waals surface area contributed by atoms with Gasteiger partial charge >= 0.3 is 0 Å². The van der Waals surface area contributed by atoms with Gasteiger partial charge in [-0.25, -0.2) is 4.98 Å². The number of nitrogens with one attached hydrogen (secondary N) is 1. The standard InChI is InChI=1S/C17H18ClN7O/c1-3-24-8-4-5-11(17(24)26)6-7-21-15-12(9-19)14(20)25-16(22-15)13(18)10(2)23-25/h4-5,8H,3,6-7,20H2,1-2H3,(H,21,22). The van der Waals surface area contributed by atoms with E-state index in [2.05, 4.69) is 15.4 Å². The third kappa shape index (κ3) is 2.97. The molecule has 0 saturated carbocycles. The number of nitriles is 1. The van der Waals surface area contributed by atoms with Gasteiger partial charge in [0.25, 0.3) is 5.56 Å². The lowest BCUT2D eigenvalue weighted by atomic mass is 10.2. The van der Waals surface area contributed by atoms with Gasteiger partial charge in [-0.15, -0.1) is 0 Å². The minimum Gasteiger partial charge on any atom is -0.382 e. The van der Waals surface area contributed by atoms with Crippen LogP contribution in [0.1, 0.15) is 23.7 Å². The van der Waals surface area contributed by atoms with Crippen LogP contribution in [0.4, 0.5) is 11.6 Å². The molecule has 0 spiro atoms. The summed E-state index contributed by atoms with van der Waals surface area (Å²) >= 11 is 6.21. The lowest BCUT2D eigenvalue weighted by Crippen LogP contribution is -2.24. The van der Waals surface area contributed by atoms with Gasteiger partial charge in [0.15, 0.2) is 5.65 Å². The fourth-order valence-corrected chi connectivity index (χ4v) is 2.89. The normalized spacial score (nSPS) is 10.8. The summed E-state index contributed by atoms with van der Waals surface area (Å²) < 4.78 is 3.01. The van der Waals surface area contributed by atoms with Gasteiger partial charge < -0.3 is 15.6 Å². The molecule has 0 aliphatic carbocycles. The van der Waals surface area contributed by atoms with Crippen LogP contribution in [-0.4, -0.2) is 25.7 Å². The van der Waals surface area contributed by atoms with Gasteiger partial charge in [-0.05, 0) is 26.3 Å². The molecule has 0 saturated heterocycles. The molecule has 3 rings (SSSR count). The molecule has 0 radical (unpaired) electrons. The maximum absolute atomic E-state index is 12.3. The third-order valence-electron chi connectivity index (χ3n) is 4.14. The Labute approximate surface area is 154 Å². The van der Waals surface area contributed by atoms with E-state index in [4.69, 9.17) is 17.3 Å². The Balaban J connectivity index is 1.89. The van der Waals surface area contributed by atoms with Gasteiger partial charge in [0.1, 0.15) is 28.3 Å². The zero-order chi connectivity index (χ0) is 18.8. The number of hydrogen-bond donors (Lipinski definition) is 2. The van der Waals surface area contributed by atoms with Crippen molar-refractivity contribution in [3.63, 3.8) is 0 Å². The highest BCUT2D eigenvalue weighted by Gasteiger charge is 2.18. The summed E-state index contributed by atoms with van der Waals surface area (Å²) in [6.45, 7) is 4.70. The molecule has 8 nitrogen and oxygen atoms in total. The smallest absolute Gasteiger partial charge is 0.253 e. The molecule has 3 aromatic rings. The second kappa shape index (κ2) is 7.06. The number of hydrogen-bond acceptors (Lipinski definition) is 6. The van der Waals surface area contributed by atoms with Crippen LogP contribution < -0.4 is 16.6 Å². The Hall–Kier alpha value is -3.05. The first kappa shape index (κ1) is 17.8. The topological polar surface area (TPSA) is 114 Å². The zero-order valence-corrected chi connectivity index (χ0v) is 15.2. The Kier molecular flexibility index (Phi) is 4.82. The van der Waals surface area contributed by atoms with E-state index in [0.29, 0.717) is 47.3 Å². The highest BCUT2D eigenvalue weighted by atomic mass is 35.5. The van der Waals surface area contributed by atoms with Crippen LogP contribution in [0, 0.1) is 18.3 Å². The predicted molar refractivity (Wildman–Crippen MR) is 100 cm³/mol. The Bertz CT molecular complexity index is 1080. The summed E-state index contributed by atoms with van der Waals surface area (Å²) in [7, 11) is 0. The van der Waals surface area contributed by atoms with Crippen molar-refractivity contribution < 1.29 is 0 Å². The summed E-state index contributed by atoms with van der Waals surface area (Å²) in [4.78, 5) is 16.6. The first-order valence-electron chi connectivity index (χ1n) is 8.14. The molecule has 0 fully saturated rings. The summed E-state index contributed by atoms with van der Waals surface area (Å²) in [5.74, 6) is 0.495. The van der Waals surface area contributed by atoms with Crippen LogP contribution in [0.5, 0.6) is 0 Å². The van der Waals surface area contributed by atoms with Crippen molar-refractivity contribution in [3.05, 3.63) is 50.5 Å². The molecule has 0 aliphatic heterocycles. The minimum atomic E-state index is -0.0188. The number of anilines is 2. The van der Waals surface area contributed by atoms with Crippen LogP contribution in [0.15, 0.2) is 23.1 Å². The third-order valence-corrected chi connectivity index (χ3v) is 4.58. The first-order chi connectivity index (χ1) is 12.5. The molecule has 0 unspecified atom stereocenters. The Morgan fingerprint density at radius 3 is 2.92 bits per heavy atom. The fourth-order valence-electron chi connectivity index (χ4n) is 2.73. The van der Waals surface area contributed by atoms with Gasteiger partial charge in [-0.2, -0.15) is 14.9 Å². The van der Waals surface area contributed by atoms with Crippen LogP contribution in [0.3, 0.4) is 0 Å². The second-order valence-corrected chi connectivity index (χ2v) is 6.15. The number of nitrogen functional groups attached to an aromatic ring is 1. The molecule has 0 aromatic carbocycles. The molecule has 3 aromatic heterocycles. The zero-order valence-electron chi connectivity index (χ0n) is 14.5. The SMILES string of the molecule is CCn1cccc(CCNc2nc3c(Cl)c(C)nn3c(N)c2C#N)c1=O. The average Bonchev–Trinajstić information content (AvgIpc) is 2.92. The van der Waals surface area contributed by atoms with Gasteiger partial charge in [0.2, 0.25) is 0 Å². The van der Waals surface area contributed by atoms with Crippen LogP contribution in [0.2, 0.25) is 5.02 Å². The molecular formula is C17H18ClN7O. The van der Waals surface area contributed by atoms with Gasteiger partial charge in [0.05, 0.1) is 5.69 Å². The number of rotatable bonds is 5. The molecule has 0 aliphatic rings. The number of nitrogens with two attached hydrogens (primary N) is 1. The summed E-state index contributed by atoms with van der Waals surface area (Å²) in [5.41, 5.74) is 7.87. The van der Waals surface area contributed by atoms with Crippen LogP contribution in [-0.2, 0) is 13.0 Å². The lowest BCUT2D eigenvalue weighted by Gasteiger charge is -2.11. The van der Waals surface area contributed by atoms with Crippen LogP contribution in [0.25, 0.3) is 5.65 Å². The number of aromatic nitrogens is 4. The van der Waals surface area contributed by atoms with Gasteiger partial charge in [-0.3, -0.25) is 4.79 Å². The van der Waals surface area contributed by atoms with E-state index in [0.717, 1.165) is 0 Å². The second-order valence-electron chi connectivity index (χ2n) is 5.77. The van der Waals surface area contributed by atoms with Gasteiger partial charge in [-0.1, -0.05) is 17.7 Å². The van der Waals surface area contributed by atoms with Gasteiger partial charge in [0, 0.05) is 24.8 Å². The van der Waals surface area contributed by atoms with E-state index < -0.39 is 0 Å².